The molecule has 0 radical (unpaired) electrons. The lowest BCUT2D eigenvalue weighted by Crippen LogP contribution is -2.15. The van der Waals surface area contributed by atoms with Crippen molar-refractivity contribution in [3.8, 4) is 0 Å². The number of rotatable bonds is 3. The molecule has 5 nitrogen and oxygen atoms in total. The Balaban J connectivity index is 1.98. The van der Waals surface area contributed by atoms with Crippen LogP contribution in [0.5, 0.6) is 0 Å². The smallest absolute Gasteiger partial charge is 0.231 e. The maximum Gasteiger partial charge on any atom is 0.231 e. The summed E-state index contributed by atoms with van der Waals surface area (Å²) in [6, 6.07) is 7.37. The second-order valence-corrected chi connectivity index (χ2v) is 5.46. The third kappa shape index (κ3) is 3.64. The normalized spacial score (nSPS) is 11.3. The Labute approximate surface area is 112 Å². The van der Waals surface area contributed by atoms with Gasteiger partial charge in [-0.15, -0.1) is 0 Å². The highest BCUT2D eigenvalue weighted by Crippen LogP contribution is 2.21. The van der Waals surface area contributed by atoms with Gasteiger partial charge in [0.1, 0.15) is 0 Å². The highest BCUT2D eigenvalue weighted by atomic mass is 16.1. The number of hydrogen-bond acceptors (Lipinski definition) is 3. The van der Waals surface area contributed by atoms with E-state index in [1.165, 1.54) is 0 Å². The van der Waals surface area contributed by atoms with Crippen molar-refractivity contribution in [3.63, 3.8) is 0 Å². The van der Waals surface area contributed by atoms with Gasteiger partial charge in [-0.1, -0.05) is 26.8 Å². The number of nitrogens with one attached hydrogen (secondary N) is 2. The van der Waals surface area contributed by atoms with Gasteiger partial charge in [-0.05, 0) is 12.1 Å². The van der Waals surface area contributed by atoms with E-state index in [0.717, 1.165) is 11.4 Å². The maximum atomic E-state index is 11.8. The Kier molecular flexibility index (Phi) is 3.64. The number of pyridine rings is 1. The zero-order valence-corrected chi connectivity index (χ0v) is 11.4. The van der Waals surface area contributed by atoms with Crippen LogP contribution in [0.4, 0.5) is 5.82 Å². The summed E-state index contributed by atoms with van der Waals surface area (Å²) in [5, 5.41) is 9.78. The van der Waals surface area contributed by atoms with Crippen molar-refractivity contribution < 1.29 is 4.79 Å². The Bertz CT molecular complexity index is 554. The van der Waals surface area contributed by atoms with Crippen LogP contribution >= 0.6 is 0 Å². The molecule has 0 fully saturated rings. The number of carbonyl (C=O) groups is 1. The number of aromatic nitrogens is 3. The fourth-order valence-corrected chi connectivity index (χ4v) is 1.62. The molecule has 2 aromatic rings. The van der Waals surface area contributed by atoms with Crippen LogP contribution in [0.25, 0.3) is 0 Å². The maximum absolute atomic E-state index is 11.8. The molecule has 0 aliphatic heterocycles. The van der Waals surface area contributed by atoms with Crippen molar-refractivity contribution in [2.24, 2.45) is 0 Å². The minimum atomic E-state index is -0.120. The molecular formula is C14H18N4O. The summed E-state index contributed by atoms with van der Waals surface area (Å²) in [5.74, 6) is 0.427. The van der Waals surface area contributed by atoms with Gasteiger partial charge < -0.3 is 5.32 Å². The third-order valence-electron chi connectivity index (χ3n) is 2.72. The lowest BCUT2D eigenvalue weighted by molar-refractivity contribution is -0.115. The van der Waals surface area contributed by atoms with Crippen LogP contribution in [0, 0.1) is 0 Å². The van der Waals surface area contributed by atoms with Crippen molar-refractivity contribution in [1.82, 2.24) is 15.2 Å². The Hall–Kier alpha value is -2.17. The van der Waals surface area contributed by atoms with Crippen molar-refractivity contribution in [2.45, 2.75) is 32.6 Å². The highest BCUT2D eigenvalue weighted by Gasteiger charge is 2.17. The van der Waals surface area contributed by atoms with E-state index >= 15 is 0 Å². The first kappa shape index (κ1) is 13.3. The molecule has 100 valence electrons. The highest BCUT2D eigenvalue weighted by molar-refractivity contribution is 5.91. The zero-order valence-electron chi connectivity index (χ0n) is 11.4. The number of amides is 1. The second kappa shape index (κ2) is 5.22. The predicted molar refractivity (Wildman–Crippen MR) is 73.9 cm³/mol. The van der Waals surface area contributed by atoms with Crippen LogP contribution in [0.3, 0.4) is 0 Å². The number of hydrogen-bond donors (Lipinski definition) is 2. The summed E-state index contributed by atoms with van der Waals surface area (Å²) in [7, 11) is 0. The molecule has 2 N–H and O–H groups in total. The van der Waals surface area contributed by atoms with E-state index in [1.54, 1.807) is 6.20 Å². The molecule has 0 atom stereocenters. The third-order valence-corrected chi connectivity index (χ3v) is 2.72. The molecule has 2 heterocycles. The Morgan fingerprint density at radius 3 is 2.74 bits per heavy atom. The average Bonchev–Trinajstić information content (AvgIpc) is 2.78. The molecule has 0 bridgehead atoms. The number of carbonyl (C=O) groups excluding carboxylic acids is 1. The van der Waals surface area contributed by atoms with Gasteiger partial charge in [-0.25, -0.2) is 0 Å². The van der Waals surface area contributed by atoms with E-state index in [2.05, 4.69) is 41.3 Å². The summed E-state index contributed by atoms with van der Waals surface area (Å²) in [5.41, 5.74) is 1.71. The van der Waals surface area contributed by atoms with Crippen LogP contribution in [0.2, 0.25) is 0 Å². The lowest BCUT2D eigenvalue weighted by atomic mass is 9.92. The zero-order chi connectivity index (χ0) is 13.9. The number of nitrogens with zero attached hydrogens (tertiary/aromatic N) is 2. The van der Waals surface area contributed by atoms with E-state index in [-0.39, 0.29) is 17.7 Å². The molecule has 5 heteroatoms. The van der Waals surface area contributed by atoms with Gasteiger partial charge in [0.05, 0.1) is 6.42 Å². The standard InChI is InChI=1S/C14H18N4O/c1-14(2,3)11-9-12(18-17-11)16-13(19)8-10-6-4-5-7-15-10/h4-7,9H,8H2,1-3H3,(H2,16,17,18,19). The molecule has 0 spiro atoms. The molecule has 0 saturated carbocycles. The lowest BCUT2D eigenvalue weighted by Gasteiger charge is -2.14. The first-order valence-electron chi connectivity index (χ1n) is 6.21. The predicted octanol–water partition coefficient (Wildman–Crippen LogP) is 2.28. The SMILES string of the molecule is CC(C)(C)c1cc(NC(=O)Cc2ccccn2)n[nH]1. The number of aromatic amines is 1. The van der Waals surface area contributed by atoms with E-state index in [0.29, 0.717) is 5.82 Å². The molecule has 2 rings (SSSR count). The first-order chi connectivity index (χ1) is 8.95. The summed E-state index contributed by atoms with van der Waals surface area (Å²) >= 11 is 0. The van der Waals surface area contributed by atoms with Gasteiger partial charge in [0.2, 0.25) is 5.91 Å². The van der Waals surface area contributed by atoms with Crippen molar-refractivity contribution in [3.05, 3.63) is 41.9 Å². The van der Waals surface area contributed by atoms with Crippen molar-refractivity contribution in [1.29, 1.82) is 0 Å². The summed E-state index contributed by atoms with van der Waals surface area (Å²) in [6.07, 6.45) is 1.92. The van der Waals surface area contributed by atoms with E-state index < -0.39 is 0 Å². The van der Waals surface area contributed by atoms with Gasteiger partial charge in [-0.3, -0.25) is 14.9 Å². The van der Waals surface area contributed by atoms with Gasteiger partial charge in [0, 0.05) is 29.1 Å². The van der Waals surface area contributed by atoms with Crippen LogP contribution in [0.15, 0.2) is 30.5 Å². The van der Waals surface area contributed by atoms with Crippen molar-refractivity contribution >= 4 is 11.7 Å². The molecular weight excluding hydrogens is 240 g/mol. The fraction of sp³-hybridized carbons (Fsp3) is 0.357. The minimum Gasteiger partial charge on any atom is -0.309 e. The molecule has 19 heavy (non-hydrogen) atoms. The van der Waals surface area contributed by atoms with E-state index in [4.69, 9.17) is 0 Å². The fourth-order valence-electron chi connectivity index (χ4n) is 1.62. The molecule has 0 aromatic carbocycles. The molecule has 0 aliphatic carbocycles. The summed E-state index contributed by atoms with van der Waals surface area (Å²) < 4.78 is 0. The molecule has 2 aromatic heterocycles. The second-order valence-electron chi connectivity index (χ2n) is 5.46. The summed E-state index contributed by atoms with van der Waals surface area (Å²) in [4.78, 5) is 16.0. The van der Waals surface area contributed by atoms with Crippen LogP contribution < -0.4 is 5.32 Å². The van der Waals surface area contributed by atoms with E-state index in [1.807, 2.05) is 24.3 Å². The largest absolute Gasteiger partial charge is 0.309 e. The van der Waals surface area contributed by atoms with Crippen molar-refractivity contribution in [2.75, 3.05) is 5.32 Å². The van der Waals surface area contributed by atoms with Gasteiger partial charge in [0.25, 0.3) is 0 Å². The molecule has 0 saturated heterocycles. The Morgan fingerprint density at radius 2 is 2.16 bits per heavy atom. The van der Waals surface area contributed by atoms with Crippen LogP contribution in [-0.2, 0) is 16.6 Å². The first-order valence-corrected chi connectivity index (χ1v) is 6.21. The summed E-state index contributed by atoms with van der Waals surface area (Å²) in [6.45, 7) is 6.25. The molecule has 0 unspecified atom stereocenters. The molecule has 0 aliphatic rings. The monoisotopic (exact) mass is 258 g/mol. The van der Waals surface area contributed by atoms with E-state index in [9.17, 15) is 4.79 Å². The van der Waals surface area contributed by atoms with Gasteiger partial charge in [-0.2, -0.15) is 5.10 Å². The van der Waals surface area contributed by atoms with Gasteiger partial charge in [0.15, 0.2) is 5.82 Å². The molecule has 1 amide bonds. The number of H-pyrrole nitrogens is 1. The average molecular weight is 258 g/mol. The topological polar surface area (TPSA) is 70.7 Å². The Morgan fingerprint density at radius 1 is 1.37 bits per heavy atom. The minimum absolute atomic E-state index is 0.0169. The quantitative estimate of drug-likeness (QED) is 0.887. The van der Waals surface area contributed by atoms with Crippen LogP contribution in [0.1, 0.15) is 32.2 Å². The number of anilines is 1. The van der Waals surface area contributed by atoms with Crippen LogP contribution in [-0.4, -0.2) is 21.1 Å². The van der Waals surface area contributed by atoms with Gasteiger partial charge >= 0.3 is 0 Å².